The quantitative estimate of drug-likeness (QED) is 0.468. The van der Waals surface area contributed by atoms with Crippen LogP contribution in [-0.4, -0.2) is 34.0 Å². The van der Waals surface area contributed by atoms with Crippen LogP contribution in [0.1, 0.15) is 19.8 Å². The van der Waals surface area contributed by atoms with Gasteiger partial charge in [-0.05, 0) is 44.0 Å². The topological polar surface area (TPSA) is 37.1 Å². The van der Waals surface area contributed by atoms with E-state index in [-0.39, 0.29) is 11.6 Å². The molecule has 3 rings (SSSR count). The first-order chi connectivity index (χ1) is 9.26. The minimum Gasteiger partial charge on any atom is -0.207 e. The van der Waals surface area contributed by atoms with Crippen LogP contribution in [0.2, 0.25) is 0 Å². The average molecular weight is 488 g/mol. The van der Waals surface area contributed by atoms with Gasteiger partial charge in [0, 0.05) is 20.2 Å². The molecule has 1 saturated heterocycles. The van der Waals surface area contributed by atoms with E-state index in [2.05, 4.69) is 47.8 Å². The molecule has 2 aliphatic rings. The van der Waals surface area contributed by atoms with Crippen molar-refractivity contribution in [2.24, 2.45) is 0 Å². The normalized spacial score (nSPS) is 40.2. The molecule has 0 N–H and O–H groups in total. The lowest BCUT2D eigenvalue weighted by Gasteiger charge is -2.24. The summed E-state index contributed by atoms with van der Waals surface area (Å²) < 4.78 is 28.1. The predicted octanol–water partition coefficient (Wildman–Crippen LogP) is 3.90. The minimum absolute atomic E-state index is 0.106. The highest BCUT2D eigenvalue weighted by molar-refractivity contribution is 9.12. The van der Waals surface area contributed by atoms with Crippen molar-refractivity contribution >= 4 is 57.8 Å². The molecule has 0 amide bonds. The summed E-state index contributed by atoms with van der Waals surface area (Å²) in [5.41, 5.74) is -0.246. The van der Waals surface area contributed by atoms with Gasteiger partial charge in [0.2, 0.25) is 10.0 Å². The molecule has 0 bridgehead atoms. The Bertz CT molecular complexity index is 634. The second-order valence-electron chi connectivity index (χ2n) is 5.60. The van der Waals surface area contributed by atoms with E-state index in [0.717, 1.165) is 17.3 Å². The van der Waals surface area contributed by atoms with E-state index < -0.39 is 10.0 Å². The lowest BCUT2D eigenvalue weighted by atomic mass is 9.91. The summed E-state index contributed by atoms with van der Waals surface area (Å²) >= 11 is 10.6. The van der Waals surface area contributed by atoms with E-state index >= 15 is 0 Å². The summed E-state index contributed by atoms with van der Waals surface area (Å²) in [5, 5.41) is 0. The second kappa shape index (κ2) is 5.05. The van der Waals surface area contributed by atoms with Crippen molar-refractivity contribution in [3.63, 3.8) is 0 Å². The molecule has 1 aromatic rings. The summed E-state index contributed by atoms with van der Waals surface area (Å²) in [6.07, 6.45) is 1.69. The number of hydrogen-bond acceptors (Lipinski definition) is 2. The predicted molar refractivity (Wildman–Crippen MR) is 90.0 cm³/mol. The molecule has 110 valence electrons. The average Bonchev–Trinajstić information content (AvgIpc) is 2.95. The fraction of sp³-hybridized carbons (Fsp3) is 0.538. The van der Waals surface area contributed by atoms with Crippen LogP contribution < -0.4 is 0 Å². The molecular formula is C13H14Br3NO2S. The van der Waals surface area contributed by atoms with Crippen molar-refractivity contribution < 1.29 is 8.42 Å². The van der Waals surface area contributed by atoms with Crippen LogP contribution >= 0.6 is 47.8 Å². The molecule has 1 aromatic carbocycles. The van der Waals surface area contributed by atoms with Gasteiger partial charge < -0.3 is 0 Å². The molecule has 1 heterocycles. The van der Waals surface area contributed by atoms with E-state index in [9.17, 15) is 8.42 Å². The van der Waals surface area contributed by atoms with Crippen LogP contribution in [0.4, 0.5) is 0 Å². The van der Waals surface area contributed by atoms with E-state index in [4.69, 9.17) is 0 Å². The zero-order chi connectivity index (χ0) is 14.7. The van der Waals surface area contributed by atoms with Crippen LogP contribution in [0.25, 0.3) is 0 Å². The Hall–Kier alpha value is 0.570. The number of halogens is 3. The third kappa shape index (κ3) is 2.33. The van der Waals surface area contributed by atoms with Crippen molar-refractivity contribution in [1.29, 1.82) is 0 Å². The molecule has 5 atom stereocenters. The van der Waals surface area contributed by atoms with Gasteiger partial charge in [0.1, 0.15) is 0 Å². The Morgan fingerprint density at radius 3 is 2.35 bits per heavy atom. The number of benzene rings is 1. The molecule has 7 heteroatoms. The Morgan fingerprint density at radius 1 is 1.20 bits per heavy atom. The van der Waals surface area contributed by atoms with Gasteiger partial charge in [-0.1, -0.05) is 47.8 Å². The molecule has 2 fully saturated rings. The molecule has 0 spiro atoms. The van der Waals surface area contributed by atoms with E-state index in [1.165, 1.54) is 0 Å². The van der Waals surface area contributed by atoms with Gasteiger partial charge in [0.15, 0.2) is 0 Å². The SMILES string of the molecule is C[C@]12C[C@H](Br)[C@@H](Br)C[C@H]1N2S(=O)(=O)c1ccc(Br)cc1. The number of fused-ring (bicyclic) bond motifs is 1. The molecule has 1 aliphatic heterocycles. The molecule has 0 radical (unpaired) electrons. The summed E-state index contributed by atoms with van der Waals surface area (Å²) in [7, 11) is -3.40. The molecule has 0 aromatic heterocycles. The minimum atomic E-state index is -3.40. The second-order valence-corrected chi connectivity index (χ2v) is 10.7. The maximum absolute atomic E-state index is 12.8. The monoisotopic (exact) mass is 485 g/mol. The zero-order valence-corrected chi connectivity index (χ0v) is 16.3. The summed E-state index contributed by atoms with van der Waals surface area (Å²) in [5.74, 6) is 0. The standard InChI is InChI=1S/C13H14Br3NO2S/c1-13-7-11(16)10(15)6-12(13)17(13)20(18,19)9-4-2-8(14)3-5-9/h2-5,10-12H,6-7H2,1H3/t10-,11-,12+,13-,17?/m0/s1. The zero-order valence-electron chi connectivity index (χ0n) is 10.8. The third-order valence-corrected chi connectivity index (χ3v) is 9.53. The summed E-state index contributed by atoms with van der Waals surface area (Å²) in [4.78, 5) is 1.01. The first kappa shape index (κ1) is 15.5. The van der Waals surface area contributed by atoms with Crippen molar-refractivity contribution in [3.05, 3.63) is 28.7 Å². The van der Waals surface area contributed by atoms with Crippen LogP contribution in [-0.2, 0) is 10.0 Å². The Morgan fingerprint density at radius 2 is 1.80 bits per heavy atom. The summed E-state index contributed by atoms with van der Waals surface area (Å²) in [6, 6.07) is 6.95. The van der Waals surface area contributed by atoms with Crippen LogP contribution in [0.3, 0.4) is 0 Å². The fourth-order valence-electron chi connectivity index (χ4n) is 3.09. The van der Waals surface area contributed by atoms with Crippen LogP contribution in [0, 0.1) is 0 Å². The molecule has 1 saturated carbocycles. The largest absolute Gasteiger partial charge is 0.243 e. The van der Waals surface area contributed by atoms with Crippen molar-refractivity contribution in [2.75, 3.05) is 0 Å². The first-order valence-corrected chi connectivity index (χ1v) is 10.4. The molecule has 20 heavy (non-hydrogen) atoms. The Labute approximate surface area is 144 Å². The molecule has 1 aliphatic carbocycles. The number of alkyl halides is 2. The van der Waals surface area contributed by atoms with E-state index in [0.29, 0.717) is 14.5 Å². The van der Waals surface area contributed by atoms with Gasteiger partial charge in [-0.2, -0.15) is 4.31 Å². The van der Waals surface area contributed by atoms with Crippen molar-refractivity contribution in [3.8, 4) is 0 Å². The van der Waals surface area contributed by atoms with Crippen molar-refractivity contribution in [2.45, 2.75) is 45.9 Å². The third-order valence-electron chi connectivity index (χ3n) is 4.26. The smallest absolute Gasteiger partial charge is 0.207 e. The number of hydrogen-bond donors (Lipinski definition) is 0. The first-order valence-electron chi connectivity index (χ1n) is 6.35. The van der Waals surface area contributed by atoms with Crippen LogP contribution in [0.5, 0.6) is 0 Å². The molecular weight excluding hydrogens is 474 g/mol. The van der Waals surface area contributed by atoms with Gasteiger partial charge in [0.25, 0.3) is 0 Å². The van der Waals surface area contributed by atoms with E-state index in [1.54, 1.807) is 28.6 Å². The lowest BCUT2D eigenvalue weighted by molar-refractivity contribution is 0.480. The Kier molecular flexibility index (Phi) is 3.90. The maximum atomic E-state index is 12.8. The van der Waals surface area contributed by atoms with Gasteiger partial charge in [-0.15, -0.1) is 0 Å². The Balaban J connectivity index is 1.93. The van der Waals surface area contributed by atoms with Gasteiger partial charge in [-0.25, -0.2) is 8.42 Å². The van der Waals surface area contributed by atoms with E-state index in [1.807, 2.05) is 6.92 Å². The highest BCUT2D eigenvalue weighted by atomic mass is 79.9. The number of sulfonamides is 1. The summed E-state index contributed by atoms with van der Waals surface area (Å²) in [6.45, 7) is 2.04. The fourth-order valence-corrected chi connectivity index (χ4v) is 6.82. The van der Waals surface area contributed by atoms with Crippen LogP contribution in [0.15, 0.2) is 33.6 Å². The van der Waals surface area contributed by atoms with Gasteiger partial charge in [0.05, 0.1) is 10.4 Å². The van der Waals surface area contributed by atoms with Gasteiger partial charge in [-0.3, -0.25) is 0 Å². The number of rotatable bonds is 2. The highest BCUT2D eigenvalue weighted by Gasteiger charge is 2.68. The van der Waals surface area contributed by atoms with Crippen molar-refractivity contribution in [1.82, 2.24) is 4.31 Å². The number of nitrogens with zero attached hydrogens (tertiary/aromatic N) is 1. The van der Waals surface area contributed by atoms with Gasteiger partial charge >= 0.3 is 0 Å². The molecule has 3 nitrogen and oxygen atoms in total. The lowest BCUT2D eigenvalue weighted by Crippen LogP contribution is -2.31. The molecule has 1 unspecified atom stereocenters. The maximum Gasteiger partial charge on any atom is 0.243 e. The highest BCUT2D eigenvalue weighted by Crippen LogP contribution is 2.56.